The maximum absolute atomic E-state index is 13.4. The van der Waals surface area contributed by atoms with Gasteiger partial charge in [0.05, 0.1) is 5.56 Å². The average molecular weight is 560 g/mol. The minimum absolute atomic E-state index is 0.0505. The summed E-state index contributed by atoms with van der Waals surface area (Å²) in [6.07, 6.45) is -8.68. The number of aliphatic hydroxyl groups is 2. The van der Waals surface area contributed by atoms with Crippen LogP contribution in [0.15, 0.2) is 48.8 Å². The molecule has 39 heavy (non-hydrogen) atoms. The number of alkyl halides is 6. The second kappa shape index (κ2) is 10.7. The summed E-state index contributed by atoms with van der Waals surface area (Å²) in [5, 5.41) is 21.4. The van der Waals surface area contributed by atoms with Crippen molar-refractivity contribution in [3.63, 3.8) is 0 Å². The van der Waals surface area contributed by atoms with E-state index >= 15 is 0 Å². The molecule has 0 spiro atoms. The molecule has 0 atom stereocenters. The Kier molecular flexibility index (Phi) is 7.92. The highest BCUT2D eigenvalue weighted by atomic mass is 19.4. The highest BCUT2D eigenvalue weighted by molar-refractivity contribution is 6.12. The highest BCUT2D eigenvalue weighted by Crippen LogP contribution is 2.40. The fourth-order valence-electron chi connectivity index (χ4n) is 2.86. The van der Waals surface area contributed by atoms with Gasteiger partial charge in [-0.15, -0.1) is 13.2 Å². The quantitative estimate of drug-likeness (QED) is 0.184. The number of nitrogens with one attached hydrogen (secondary N) is 1. The van der Waals surface area contributed by atoms with Gasteiger partial charge in [0, 0.05) is 24.1 Å². The van der Waals surface area contributed by atoms with E-state index < -0.39 is 64.5 Å². The third kappa shape index (κ3) is 8.21. The number of primary amides is 1. The van der Waals surface area contributed by atoms with E-state index in [0.717, 1.165) is 18.3 Å². The third-order valence-corrected chi connectivity index (χ3v) is 4.34. The molecule has 0 aliphatic heterocycles. The van der Waals surface area contributed by atoms with E-state index in [-0.39, 0.29) is 11.4 Å². The van der Waals surface area contributed by atoms with Crippen LogP contribution in [-0.2, 0) is 6.18 Å². The van der Waals surface area contributed by atoms with E-state index in [1.54, 1.807) is 0 Å². The molecule has 0 unspecified atom stereocenters. The molecule has 0 aliphatic carbocycles. The Morgan fingerprint density at radius 1 is 0.923 bits per heavy atom. The van der Waals surface area contributed by atoms with Crippen LogP contribution >= 0.6 is 0 Å². The SMILES string of the molecule is BC(O)(O)Oc1cc(OC(F)(F)F)ccc1Oc1cc(C(F)(F)F)cnc1C(=O)Nc1ccnc(C(N)=O)c1. The first kappa shape index (κ1) is 29.0. The fourth-order valence-corrected chi connectivity index (χ4v) is 2.86. The van der Waals surface area contributed by atoms with Crippen LogP contribution in [0.25, 0.3) is 0 Å². The molecule has 3 aromatic rings. The Morgan fingerprint density at radius 3 is 2.21 bits per heavy atom. The molecule has 0 bridgehead atoms. The number of halogens is 6. The lowest BCUT2D eigenvalue weighted by molar-refractivity contribution is -0.274. The van der Waals surface area contributed by atoms with Crippen molar-refractivity contribution in [3.8, 4) is 23.0 Å². The van der Waals surface area contributed by atoms with Gasteiger partial charge in [0.1, 0.15) is 11.4 Å². The van der Waals surface area contributed by atoms with Crippen molar-refractivity contribution in [1.29, 1.82) is 0 Å². The molecular weight excluding hydrogens is 545 g/mol. The topological polar surface area (TPSA) is 166 Å². The number of ether oxygens (including phenoxy) is 3. The maximum Gasteiger partial charge on any atom is 0.573 e. The predicted octanol–water partition coefficient (Wildman–Crippen LogP) is 2.15. The zero-order chi connectivity index (χ0) is 29.2. The number of benzene rings is 1. The van der Waals surface area contributed by atoms with Gasteiger partial charge in [0.2, 0.25) is 7.85 Å². The third-order valence-electron chi connectivity index (χ3n) is 4.34. The fraction of sp³-hybridized carbons (Fsp3) is 0.143. The van der Waals surface area contributed by atoms with Crippen molar-refractivity contribution in [2.75, 3.05) is 5.32 Å². The summed E-state index contributed by atoms with van der Waals surface area (Å²) < 4.78 is 91.7. The number of nitrogens with two attached hydrogens (primary N) is 1. The number of carbonyl (C=O) groups excluding carboxylic acids is 2. The van der Waals surface area contributed by atoms with Gasteiger partial charge in [-0.05, 0) is 30.3 Å². The summed E-state index contributed by atoms with van der Waals surface area (Å²) in [5.74, 6) is -8.32. The molecule has 2 aromatic heterocycles. The molecule has 1 aromatic carbocycles. The van der Waals surface area contributed by atoms with Gasteiger partial charge in [0.25, 0.3) is 17.7 Å². The summed E-state index contributed by atoms with van der Waals surface area (Å²) in [6, 6.07) is 4.60. The molecule has 5 N–H and O–H groups in total. The largest absolute Gasteiger partial charge is 0.573 e. The first-order valence-electron chi connectivity index (χ1n) is 10.3. The van der Waals surface area contributed by atoms with Crippen LogP contribution in [0.1, 0.15) is 26.5 Å². The number of amides is 2. The van der Waals surface area contributed by atoms with Crippen LogP contribution in [0.2, 0.25) is 0 Å². The van der Waals surface area contributed by atoms with E-state index in [1.807, 2.05) is 0 Å². The Balaban J connectivity index is 2.06. The van der Waals surface area contributed by atoms with Crippen molar-refractivity contribution in [3.05, 3.63) is 65.7 Å². The van der Waals surface area contributed by atoms with E-state index in [9.17, 15) is 46.1 Å². The number of carbonyl (C=O) groups is 2. The van der Waals surface area contributed by atoms with Crippen LogP contribution < -0.4 is 25.3 Å². The van der Waals surface area contributed by atoms with Crippen LogP contribution in [0, 0.1) is 0 Å². The first-order valence-corrected chi connectivity index (χ1v) is 10.3. The molecule has 206 valence electrons. The average Bonchev–Trinajstić information content (AvgIpc) is 2.78. The smallest absolute Gasteiger partial charge is 0.451 e. The Hall–Kier alpha value is -4.58. The maximum atomic E-state index is 13.4. The number of hydrogen-bond acceptors (Lipinski definition) is 9. The number of aromatic nitrogens is 2. The number of pyridine rings is 2. The Labute approximate surface area is 214 Å². The van der Waals surface area contributed by atoms with Gasteiger partial charge < -0.3 is 35.5 Å². The molecule has 0 saturated heterocycles. The van der Waals surface area contributed by atoms with Crippen molar-refractivity contribution < 1.29 is 60.4 Å². The van der Waals surface area contributed by atoms with Crippen molar-refractivity contribution in [1.82, 2.24) is 9.97 Å². The van der Waals surface area contributed by atoms with Crippen LogP contribution in [0.3, 0.4) is 0 Å². The van der Waals surface area contributed by atoms with Gasteiger partial charge in [-0.3, -0.25) is 14.6 Å². The van der Waals surface area contributed by atoms with E-state index in [4.69, 9.17) is 15.2 Å². The lowest BCUT2D eigenvalue weighted by atomic mass is 10.1. The summed E-state index contributed by atoms with van der Waals surface area (Å²) in [4.78, 5) is 31.3. The van der Waals surface area contributed by atoms with Gasteiger partial charge in [-0.1, -0.05) is 0 Å². The summed E-state index contributed by atoms with van der Waals surface area (Å²) in [6.45, 7) is 0. The molecule has 0 aliphatic rings. The monoisotopic (exact) mass is 560 g/mol. The molecule has 18 heteroatoms. The number of hydrogen-bond donors (Lipinski definition) is 4. The van der Waals surface area contributed by atoms with Gasteiger partial charge in [-0.25, -0.2) is 4.98 Å². The van der Waals surface area contributed by atoms with Gasteiger partial charge in [-0.2, -0.15) is 13.2 Å². The summed E-state index contributed by atoms with van der Waals surface area (Å²) in [7, 11) is 0.674. The molecule has 11 nitrogen and oxygen atoms in total. The zero-order valence-electron chi connectivity index (χ0n) is 19.3. The van der Waals surface area contributed by atoms with Crippen molar-refractivity contribution in [2.45, 2.75) is 18.4 Å². The molecular formula is C21H15BF6N4O7. The number of rotatable bonds is 8. The standard InChI is InChI=1S/C21H15BF6N4O7/c22-20(35,36)39-14-7-11(38-21(26,27)28)1-2-13(14)37-15-5-9(19(23,24)25)8-31-16(15)18(34)32-10-3-4-30-12(6-10)17(29)33/h1-8,35-36H,22H2,(H2,29,33)(H,30,32,34). The Bertz CT molecular complexity index is 1400. The van der Waals surface area contributed by atoms with Gasteiger partial charge in [0.15, 0.2) is 22.9 Å². The lowest BCUT2D eigenvalue weighted by Gasteiger charge is -2.22. The van der Waals surface area contributed by atoms with Crippen molar-refractivity contribution >= 4 is 25.3 Å². The molecule has 2 amide bonds. The summed E-state index contributed by atoms with van der Waals surface area (Å²) in [5.41, 5.74) is 2.70. The molecule has 0 saturated carbocycles. The van der Waals surface area contributed by atoms with Crippen LogP contribution in [0.4, 0.5) is 32.0 Å². The first-order chi connectivity index (χ1) is 17.9. The predicted molar refractivity (Wildman–Crippen MR) is 119 cm³/mol. The highest BCUT2D eigenvalue weighted by Gasteiger charge is 2.34. The zero-order valence-corrected chi connectivity index (χ0v) is 19.3. The minimum Gasteiger partial charge on any atom is -0.451 e. The minimum atomic E-state index is -5.15. The summed E-state index contributed by atoms with van der Waals surface area (Å²) >= 11 is 0. The van der Waals surface area contributed by atoms with Gasteiger partial charge >= 0.3 is 12.5 Å². The second-order valence-electron chi connectivity index (χ2n) is 7.61. The second-order valence-corrected chi connectivity index (χ2v) is 7.61. The molecule has 2 heterocycles. The van der Waals surface area contributed by atoms with Crippen LogP contribution in [-0.4, -0.2) is 52.1 Å². The molecule has 0 fully saturated rings. The normalized spacial score (nSPS) is 12.0. The number of anilines is 1. The van der Waals surface area contributed by atoms with E-state index in [0.29, 0.717) is 32.2 Å². The van der Waals surface area contributed by atoms with Crippen molar-refractivity contribution in [2.24, 2.45) is 5.73 Å². The Morgan fingerprint density at radius 2 is 1.62 bits per heavy atom. The van der Waals surface area contributed by atoms with E-state index in [2.05, 4.69) is 20.0 Å². The number of nitrogens with zero attached hydrogens (tertiary/aromatic N) is 2. The van der Waals surface area contributed by atoms with E-state index in [1.165, 1.54) is 6.07 Å². The molecule has 0 radical (unpaired) electrons. The molecule has 3 rings (SSSR count). The van der Waals surface area contributed by atoms with Crippen LogP contribution in [0.5, 0.6) is 23.0 Å². The lowest BCUT2D eigenvalue weighted by Crippen LogP contribution is -2.35.